The molecule has 1 fully saturated rings. The number of rotatable bonds is 5. The molecule has 0 saturated carbocycles. The normalized spacial score (nSPS) is 18.6. The molecule has 2 atom stereocenters. The molecule has 1 aliphatic heterocycles. The summed E-state index contributed by atoms with van der Waals surface area (Å²) in [4.78, 5) is 20.5. The number of aliphatic hydroxyl groups excluding tert-OH is 1. The minimum atomic E-state index is -0.00398. The minimum Gasteiger partial charge on any atom is -0.394 e. The molecule has 4 N–H and O–H groups in total. The van der Waals surface area contributed by atoms with Gasteiger partial charge in [0.15, 0.2) is 0 Å². The second-order valence-electron chi connectivity index (χ2n) is 7.72. The van der Waals surface area contributed by atoms with Gasteiger partial charge in [0.2, 0.25) is 0 Å². The molecule has 0 spiro atoms. The molecular formula is C22H23N7OS. The van der Waals surface area contributed by atoms with E-state index in [1.54, 1.807) is 17.5 Å². The molecule has 8 nitrogen and oxygen atoms in total. The maximum Gasteiger partial charge on any atom is 0.143 e. The molecule has 5 heterocycles. The van der Waals surface area contributed by atoms with Gasteiger partial charge in [-0.15, -0.1) is 11.3 Å². The zero-order chi connectivity index (χ0) is 21.4. The van der Waals surface area contributed by atoms with Crippen LogP contribution in [-0.4, -0.2) is 50.3 Å². The Morgan fingerprint density at radius 3 is 2.94 bits per heavy atom. The summed E-state index contributed by atoms with van der Waals surface area (Å²) in [6.07, 6.45) is 4.37. The average Bonchev–Trinajstić information content (AvgIpc) is 3.37. The van der Waals surface area contributed by atoms with E-state index in [1.165, 1.54) is 0 Å². The van der Waals surface area contributed by atoms with Gasteiger partial charge in [0.25, 0.3) is 0 Å². The third-order valence-electron chi connectivity index (χ3n) is 5.43. The van der Waals surface area contributed by atoms with Crippen LogP contribution in [0.1, 0.15) is 12.0 Å². The topological polar surface area (TPSA) is 113 Å². The van der Waals surface area contributed by atoms with E-state index in [0.717, 1.165) is 38.7 Å². The van der Waals surface area contributed by atoms with E-state index in [2.05, 4.69) is 20.2 Å². The zero-order valence-electron chi connectivity index (χ0n) is 17.1. The Bertz CT molecular complexity index is 1230. The molecule has 9 heteroatoms. The molecule has 0 aliphatic carbocycles. The van der Waals surface area contributed by atoms with E-state index in [4.69, 9.17) is 15.7 Å². The molecule has 4 aromatic heterocycles. The number of hydrogen-bond donors (Lipinski definition) is 3. The molecular weight excluding hydrogens is 410 g/mol. The minimum absolute atomic E-state index is 0.00398. The number of hydrogen-bond acceptors (Lipinski definition) is 9. The first-order valence-electron chi connectivity index (χ1n) is 10.2. The molecule has 0 unspecified atom stereocenters. The Morgan fingerprint density at radius 1 is 1.19 bits per heavy atom. The van der Waals surface area contributed by atoms with Crippen LogP contribution in [0.3, 0.4) is 0 Å². The SMILES string of the molecule is Cc1cccnc1-c1nc2cc(Nc3cccc(N4C[C@H](N)C[C@H]4CO)n3)ncc2s1. The quantitative estimate of drug-likeness (QED) is 0.440. The van der Waals surface area contributed by atoms with Gasteiger partial charge in [0.05, 0.1) is 22.9 Å². The summed E-state index contributed by atoms with van der Waals surface area (Å²) in [5, 5.41) is 13.8. The van der Waals surface area contributed by atoms with Gasteiger partial charge in [-0.2, -0.15) is 0 Å². The van der Waals surface area contributed by atoms with E-state index in [9.17, 15) is 5.11 Å². The van der Waals surface area contributed by atoms with Crippen molar-refractivity contribution >= 4 is 39.0 Å². The lowest BCUT2D eigenvalue weighted by Gasteiger charge is -2.24. The van der Waals surface area contributed by atoms with Crippen LogP contribution in [0.25, 0.3) is 20.9 Å². The second-order valence-corrected chi connectivity index (χ2v) is 8.75. The van der Waals surface area contributed by atoms with Gasteiger partial charge in [-0.05, 0) is 37.1 Å². The van der Waals surface area contributed by atoms with E-state index in [0.29, 0.717) is 18.2 Å². The number of aromatic nitrogens is 4. The number of fused-ring (bicyclic) bond motifs is 1. The molecule has 1 aliphatic rings. The van der Waals surface area contributed by atoms with Crippen LogP contribution in [-0.2, 0) is 0 Å². The summed E-state index contributed by atoms with van der Waals surface area (Å²) in [6.45, 7) is 2.78. The monoisotopic (exact) mass is 433 g/mol. The van der Waals surface area contributed by atoms with Crippen LogP contribution in [0.15, 0.2) is 48.8 Å². The maximum atomic E-state index is 9.66. The van der Waals surface area contributed by atoms with Crippen molar-refractivity contribution in [2.24, 2.45) is 5.73 Å². The number of pyridine rings is 3. The smallest absolute Gasteiger partial charge is 0.143 e. The molecule has 0 aromatic carbocycles. The highest BCUT2D eigenvalue weighted by Crippen LogP contribution is 2.32. The van der Waals surface area contributed by atoms with Gasteiger partial charge in [0, 0.05) is 31.0 Å². The molecule has 0 amide bonds. The van der Waals surface area contributed by atoms with E-state index in [-0.39, 0.29) is 18.7 Å². The van der Waals surface area contributed by atoms with E-state index in [1.807, 2.05) is 49.5 Å². The highest BCUT2D eigenvalue weighted by atomic mass is 32.1. The third kappa shape index (κ3) is 3.95. The molecule has 158 valence electrons. The first-order chi connectivity index (χ1) is 15.1. The largest absolute Gasteiger partial charge is 0.394 e. The number of thiazole rings is 1. The van der Waals surface area contributed by atoms with Gasteiger partial charge in [0.1, 0.15) is 28.2 Å². The first-order valence-corrected chi connectivity index (χ1v) is 11.0. The Kier molecular flexibility index (Phi) is 5.23. The number of aliphatic hydroxyl groups is 1. The molecule has 1 saturated heterocycles. The molecule has 5 rings (SSSR count). The van der Waals surface area contributed by atoms with Crippen molar-refractivity contribution in [1.29, 1.82) is 0 Å². The van der Waals surface area contributed by atoms with Crippen molar-refractivity contribution in [2.45, 2.75) is 25.4 Å². The number of aryl methyl sites for hydroxylation is 1. The van der Waals surface area contributed by atoms with Gasteiger partial charge < -0.3 is 21.1 Å². The summed E-state index contributed by atoms with van der Waals surface area (Å²) in [5.41, 5.74) is 8.94. The van der Waals surface area contributed by atoms with Crippen LogP contribution in [0, 0.1) is 6.92 Å². The Morgan fingerprint density at radius 2 is 2.10 bits per heavy atom. The fraction of sp³-hybridized carbons (Fsp3) is 0.273. The van der Waals surface area contributed by atoms with Crippen molar-refractivity contribution in [2.75, 3.05) is 23.4 Å². The summed E-state index contributed by atoms with van der Waals surface area (Å²) in [5.74, 6) is 2.14. The van der Waals surface area contributed by atoms with Crippen molar-refractivity contribution < 1.29 is 5.11 Å². The van der Waals surface area contributed by atoms with Crippen LogP contribution in [0.5, 0.6) is 0 Å². The molecule has 0 radical (unpaired) electrons. The zero-order valence-corrected chi connectivity index (χ0v) is 17.9. The lowest BCUT2D eigenvalue weighted by atomic mass is 10.2. The van der Waals surface area contributed by atoms with E-state index >= 15 is 0 Å². The van der Waals surface area contributed by atoms with Gasteiger partial charge in [-0.3, -0.25) is 4.98 Å². The predicted molar refractivity (Wildman–Crippen MR) is 124 cm³/mol. The highest BCUT2D eigenvalue weighted by Gasteiger charge is 2.30. The fourth-order valence-electron chi connectivity index (χ4n) is 3.90. The van der Waals surface area contributed by atoms with Crippen molar-refractivity contribution in [3.05, 3.63) is 54.4 Å². The molecule has 4 aromatic rings. The lowest BCUT2D eigenvalue weighted by Crippen LogP contribution is -2.33. The summed E-state index contributed by atoms with van der Waals surface area (Å²) in [7, 11) is 0. The number of nitrogens with one attached hydrogen (secondary N) is 1. The fourth-order valence-corrected chi connectivity index (χ4v) is 4.88. The van der Waals surface area contributed by atoms with Gasteiger partial charge in [-0.1, -0.05) is 12.1 Å². The number of nitrogens with two attached hydrogens (primary N) is 1. The van der Waals surface area contributed by atoms with Crippen molar-refractivity contribution in [3.8, 4) is 10.7 Å². The van der Waals surface area contributed by atoms with Crippen molar-refractivity contribution in [3.63, 3.8) is 0 Å². The van der Waals surface area contributed by atoms with E-state index < -0.39 is 0 Å². The van der Waals surface area contributed by atoms with Crippen molar-refractivity contribution in [1.82, 2.24) is 19.9 Å². The van der Waals surface area contributed by atoms with Gasteiger partial charge >= 0.3 is 0 Å². The average molecular weight is 434 g/mol. The summed E-state index contributed by atoms with van der Waals surface area (Å²) in [6, 6.07) is 11.7. The number of anilines is 3. The summed E-state index contributed by atoms with van der Waals surface area (Å²) >= 11 is 1.58. The summed E-state index contributed by atoms with van der Waals surface area (Å²) < 4.78 is 1.00. The van der Waals surface area contributed by atoms with Crippen LogP contribution in [0.4, 0.5) is 17.5 Å². The standard InChI is InChI=1S/C22H23N7OS/c1-13-4-3-7-24-21(13)22-26-16-9-19(25-10-17(16)31-22)27-18-5-2-6-20(28-18)29-11-14(23)8-15(29)12-30/h2-7,9-10,14-15,30H,8,11-12,23H2,1H3,(H,25,27,28)/t14-,15+/m1/s1. The maximum absolute atomic E-state index is 9.66. The Balaban J connectivity index is 1.40. The highest BCUT2D eigenvalue weighted by molar-refractivity contribution is 7.21. The Hall–Kier alpha value is -3.14. The van der Waals surface area contributed by atoms with Crippen LogP contribution in [0.2, 0.25) is 0 Å². The third-order valence-corrected chi connectivity index (χ3v) is 6.44. The van der Waals surface area contributed by atoms with Gasteiger partial charge in [-0.25, -0.2) is 15.0 Å². The van der Waals surface area contributed by atoms with Crippen LogP contribution >= 0.6 is 11.3 Å². The second kappa shape index (κ2) is 8.18. The molecule has 31 heavy (non-hydrogen) atoms. The lowest BCUT2D eigenvalue weighted by molar-refractivity contribution is 0.265. The Labute approximate surface area is 183 Å². The predicted octanol–water partition coefficient (Wildman–Crippen LogP) is 3.10. The molecule has 0 bridgehead atoms. The van der Waals surface area contributed by atoms with Crippen LogP contribution < -0.4 is 16.0 Å². The first kappa shape index (κ1) is 19.8. The number of nitrogens with zero attached hydrogens (tertiary/aromatic N) is 5.